The second-order valence-electron chi connectivity index (χ2n) is 9.99. The van der Waals surface area contributed by atoms with Gasteiger partial charge in [-0.05, 0) is 48.8 Å². The zero-order valence-corrected chi connectivity index (χ0v) is 23.7. The first-order chi connectivity index (χ1) is 19.6. The Morgan fingerprint density at radius 1 is 1.12 bits per heavy atom. The van der Waals surface area contributed by atoms with Crippen LogP contribution in [0.15, 0.2) is 73.2 Å². The van der Waals surface area contributed by atoms with Crippen LogP contribution < -0.4 is 5.32 Å². The monoisotopic (exact) mass is 551 g/mol. The van der Waals surface area contributed by atoms with Crippen molar-refractivity contribution < 1.29 is 4.79 Å². The highest BCUT2D eigenvalue weighted by Gasteiger charge is 2.25. The van der Waals surface area contributed by atoms with E-state index in [2.05, 4.69) is 81.6 Å². The predicted octanol–water partition coefficient (Wildman–Crippen LogP) is 5.62. The molecule has 9 heteroatoms. The molecule has 1 amide bonds. The molecule has 0 unspecified atom stereocenters. The summed E-state index contributed by atoms with van der Waals surface area (Å²) in [6, 6.07) is 16.7. The maximum Gasteiger partial charge on any atom is 0.246 e. The lowest BCUT2D eigenvalue weighted by molar-refractivity contribution is -0.126. The van der Waals surface area contributed by atoms with Crippen LogP contribution >= 0.6 is 11.3 Å². The molecular formula is C31H33N7OS. The van der Waals surface area contributed by atoms with Crippen molar-refractivity contribution in [3.8, 4) is 0 Å². The van der Waals surface area contributed by atoms with Crippen molar-refractivity contribution >= 4 is 49.9 Å². The van der Waals surface area contributed by atoms with Crippen molar-refractivity contribution in [2.24, 2.45) is 0 Å². The maximum absolute atomic E-state index is 12.9. The van der Waals surface area contributed by atoms with Gasteiger partial charge >= 0.3 is 0 Å². The number of carbonyl (C=O) groups is 1. The molecule has 0 atom stereocenters. The van der Waals surface area contributed by atoms with Gasteiger partial charge in [0.05, 0.1) is 30.2 Å². The number of anilines is 2. The van der Waals surface area contributed by atoms with Gasteiger partial charge in [0.2, 0.25) is 5.91 Å². The van der Waals surface area contributed by atoms with Crippen LogP contribution in [0, 0.1) is 0 Å². The van der Waals surface area contributed by atoms with Crippen LogP contribution in [0.5, 0.6) is 0 Å². The predicted molar refractivity (Wildman–Crippen MR) is 162 cm³/mol. The summed E-state index contributed by atoms with van der Waals surface area (Å²) in [6.45, 7) is 9.06. The minimum absolute atomic E-state index is 0.0702. The van der Waals surface area contributed by atoms with Gasteiger partial charge in [0.25, 0.3) is 0 Å². The summed E-state index contributed by atoms with van der Waals surface area (Å²) in [5.74, 6) is 0.873. The molecule has 1 aliphatic heterocycles. The van der Waals surface area contributed by atoms with E-state index in [1.54, 1.807) is 23.7 Å². The van der Waals surface area contributed by atoms with Crippen molar-refractivity contribution in [1.29, 1.82) is 0 Å². The van der Waals surface area contributed by atoms with Crippen molar-refractivity contribution in [3.63, 3.8) is 0 Å². The molecule has 5 aromatic rings. The Balaban J connectivity index is 1.20. The Morgan fingerprint density at radius 3 is 2.80 bits per heavy atom. The van der Waals surface area contributed by atoms with Gasteiger partial charge in [0, 0.05) is 35.1 Å². The SMILES string of the molecule is CCN(CC)CC=CC(=O)N1CCc2c(sc3ncnc(Nc4ccc5c(cnn5Cc5ccccc5)c4)c23)C1. The number of carbonyl (C=O) groups excluding carboxylic acids is 1. The Hall–Kier alpha value is -4.08. The second kappa shape index (κ2) is 11.6. The normalized spacial score (nSPS) is 13.5. The third-order valence-electron chi connectivity index (χ3n) is 7.55. The van der Waals surface area contributed by atoms with E-state index in [-0.39, 0.29) is 5.91 Å². The largest absolute Gasteiger partial charge is 0.340 e. The average molecular weight is 552 g/mol. The van der Waals surface area contributed by atoms with Gasteiger partial charge < -0.3 is 15.1 Å². The number of nitrogens with one attached hydrogen (secondary N) is 1. The van der Waals surface area contributed by atoms with Crippen LogP contribution in [0.3, 0.4) is 0 Å². The number of benzene rings is 2. The van der Waals surface area contributed by atoms with Crippen molar-refractivity contribution in [2.45, 2.75) is 33.4 Å². The van der Waals surface area contributed by atoms with Crippen molar-refractivity contribution in [3.05, 3.63) is 89.2 Å². The summed E-state index contributed by atoms with van der Waals surface area (Å²) in [5.41, 5.74) is 4.51. The summed E-state index contributed by atoms with van der Waals surface area (Å²) < 4.78 is 2.03. The molecule has 0 bridgehead atoms. The Bertz CT molecular complexity index is 1670. The summed E-state index contributed by atoms with van der Waals surface area (Å²) in [5, 5.41) is 10.3. The van der Waals surface area contributed by atoms with E-state index >= 15 is 0 Å². The summed E-state index contributed by atoms with van der Waals surface area (Å²) in [6.07, 6.45) is 8.01. The van der Waals surface area contributed by atoms with Crippen LogP contribution in [0.1, 0.15) is 29.9 Å². The lowest BCUT2D eigenvalue weighted by Crippen LogP contribution is -2.34. The second-order valence-corrected chi connectivity index (χ2v) is 11.1. The molecule has 0 fully saturated rings. The number of hydrogen-bond acceptors (Lipinski definition) is 7. The average Bonchev–Trinajstić information content (AvgIpc) is 3.56. The molecule has 0 saturated heterocycles. The Kier molecular flexibility index (Phi) is 7.57. The molecule has 0 aliphatic carbocycles. The number of amides is 1. The van der Waals surface area contributed by atoms with Gasteiger partial charge in [0.15, 0.2) is 0 Å². The van der Waals surface area contributed by atoms with Gasteiger partial charge in [-0.25, -0.2) is 9.97 Å². The molecule has 4 heterocycles. The minimum atomic E-state index is 0.0702. The smallest absolute Gasteiger partial charge is 0.246 e. The van der Waals surface area contributed by atoms with Crippen LogP contribution in [-0.2, 0) is 24.3 Å². The van der Waals surface area contributed by atoms with E-state index in [0.29, 0.717) is 13.1 Å². The molecule has 2 aromatic carbocycles. The van der Waals surface area contributed by atoms with E-state index in [9.17, 15) is 4.79 Å². The van der Waals surface area contributed by atoms with Gasteiger partial charge in [-0.2, -0.15) is 5.10 Å². The molecule has 1 N–H and O–H groups in total. The van der Waals surface area contributed by atoms with Crippen LogP contribution in [0.2, 0.25) is 0 Å². The number of likely N-dealkylation sites (N-methyl/N-ethyl adjacent to an activating group) is 1. The highest BCUT2D eigenvalue weighted by Crippen LogP contribution is 2.38. The summed E-state index contributed by atoms with van der Waals surface area (Å²) in [7, 11) is 0. The molecule has 204 valence electrons. The molecule has 8 nitrogen and oxygen atoms in total. The third kappa shape index (κ3) is 5.35. The molecule has 40 heavy (non-hydrogen) atoms. The summed E-state index contributed by atoms with van der Waals surface area (Å²) >= 11 is 1.66. The molecular weight excluding hydrogens is 518 g/mol. The lowest BCUT2D eigenvalue weighted by atomic mass is 10.0. The molecule has 0 saturated carbocycles. The molecule has 3 aromatic heterocycles. The van der Waals surface area contributed by atoms with E-state index in [1.807, 2.05) is 27.9 Å². The number of rotatable bonds is 9. The van der Waals surface area contributed by atoms with E-state index in [0.717, 1.165) is 65.2 Å². The number of hydrogen-bond donors (Lipinski definition) is 1. The van der Waals surface area contributed by atoms with Crippen LogP contribution in [0.25, 0.3) is 21.1 Å². The van der Waals surface area contributed by atoms with Gasteiger partial charge in [-0.3, -0.25) is 9.48 Å². The van der Waals surface area contributed by atoms with E-state index < -0.39 is 0 Å². The maximum atomic E-state index is 12.9. The van der Waals surface area contributed by atoms with E-state index in [4.69, 9.17) is 0 Å². The quantitative estimate of drug-likeness (QED) is 0.240. The zero-order valence-electron chi connectivity index (χ0n) is 22.9. The number of aromatic nitrogens is 4. The summed E-state index contributed by atoms with van der Waals surface area (Å²) in [4.78, 5) is 28.4. The van der Waals surface area contributed by atoms with Crippen molar-refractivity contribution in [2.75, 3.05) is 31.5 Å². The van der Waals surface area contributed by atoms with Crippen LogP contribution in [0.4, 0.5) is 11.5 Å². The van der Waals surface area contributed by atoms with Gasteiger partial charge in [-0.1, -0.05) is 50.3 Å². The van der Waals surface area contributed by atoms with Crippen molar-refractivity contribution in [1.82, 2.24) is 29.5 Å². The third-order valence-corrected chi connectivity index (χ3v) is 8.67. The molecule has 0 radical (unpaired) electrons. The molecule has 0 spiro atoms. The highest BCUT2D eigenvalue weighted by atomic mass is 32.1. The Morgan fingerprint density at radius 2 is 1.98 bits per heavy atom. The fraction of sp³-hybridized carbons (Fsp3) is 0.290. The van der Waals surface area contributed by atoms with E-state index in [1.165, 1.54) is 16.0 Å². The number of nitrogens with zero attached hydrogens (tertiary/aromatic N) is 6. The molecule has 1 aliphatic rings. The first-order valence-electron chi connectivity index (χ1n) is 13.8. The first-order valence-corrected chi connectivity index (χ1v) is 14.6. The highest BCUT2D eigenvalue weighted by molar-refractivity contribution is 7.19. The zero-order chi connectivity index (χ0) is 27.5. The number of thiophene rings is 1. The Labute approximate surface area is 238 Å². The van der Waals surface area contributed by atoms with Gasteiger partial charge in [0.1, 0.15) is 17.0 Å². The standard InChI is InChI=1S/C31H33N7OS/c1-3-36(4-2)15-8-11-28(39)37-16-14-25-27(20-37)40-31-29(25)30(32-21-33-31)35-24-12-13-26-23(17-24)18-34-38(26)19-22-9-6-5-7-10-22/h5-13,17-18,21H,3-4,14-16,19-20H2,1-2H3,(H,32,33,35). The molecule has 6 rings (SSSR count). The topological polar surface area (TPSA) is 79.2 Å². The fourth-order valence-electron chi connectivity index (χ4n) is 5.28. The number of fused-ring (bicyclic) bond motifs is 4. The first kappa shape index (κ1) is 26.2. The minimum Gasteiger partial charge on any atom is -0.340 e. The fourth-order valence-corrected chi connectivity index (χ4v) is 6.49. The van der Waals surface area contributed by atoms with Crippen LogP contribution in [-0.4, -0.2) is 61.6 Å². The van der Waals surface area contributed by atoms with Gasteiger partial charge in [-0.15, -0.1) is 11.3 Å². The lowest BCUT2D eigenvalue weighted by Gasteiger charge is -2.26.